The van der Waals surface area contributed by atoms with Gasteiger partial charge in [-0.05, 0) is 95.7 Å². The Balaban J connectivity index is 1.73. The lowest BCUT2D eigenvalue weighted by molar-refractivity contribution is -0.199. The molecule has 38 heavy (non-hydrogen) atoms. The third-order valence-electron chi connectivity index (χ3n) is 9.83. The summed E-state index contributed by atoms with van der Waals surface area (Å²) in [4.78, 5) is 12.9. The number of nitrogens with one attached hydrogen (secondary N) is 1. The Morgan fingerprint density at radius 2 is 1.76 bits per heavy atom. The zero-order chi connectivity index (χ0) is 28.7. The lowest BCUT2D eigenvalue weighted by atomic mass is 9.43. The third kappa shape index (κ3) is 7.06. The summed E-state index contributed by atoms with van der Waals surface area (Å²) in [5.41, 5.74) is -0.485. The maximum absolute atomic E-state index is 12.9. The highest BCUT2D eigenvalue weighted by Gasteiger charge is 2.68. The summed E-state index contributed by atoms with van der Waals surface area (Å²) in [5.74, 6) is 0.944. The van der Waals surface area contributed by atoms with Crippen LogP contribution in [0.25, 0.3) is 0 Å². The first-order valence-electron chi connectivity index (χ1n) is 14.8. The first kappa shape index (κ1) is 32.1. The van der Waals surface area contributed by atoms with Gasteiger partial charge in [0.2, 0.25) is 0 Å². The largest absolute Gasteiger partial charge is 0.475 e. The van der Waals surface area contributed by atoms with Gasteiger partial charge in [-0.25, -0.2) is 0 Å². The highest BCUT2D eigenvalue weighted by Crippen LogP contribution is 2.65. The van der Waals surface area contributed by atoms with Crippen LogP contribution >= 0.6 is 0 Å². The van der Waals surface area contributed by atoms with Crippen LogP contribution in [0, 0.1) is 17.3 Å². The molecule has 2 bridgehead atoms. The second-order valence-corrected chi connectivity index (χ2v) is 19.9. The highest BCUT2D eigenvalue weighted by molar-refractivity contribution is 6.74. The fraction of sp³-hybridized carbons (Fsp3) is 0.966. The molecule has 0 aromatic heterocycles. The standard InChI is InChI=1S/C29H56BNO6Si/c1-13-33-19-31-24(30-35-23-17-20-16-22(28(20,8)9)29(23,10)37-30)15-14-21(18-25(32)34-26(2,3)4)36-38(11,12)27(5,6)7/h20-24,31H,13-19H2,1-12H3/t20-,21-,22-,23+,24-,29-/m0/s1. The Labute approximate surface area is 234 Å². The number of hydrogen-bond acceptors (Lipinski definition) is 7. The summed E-state index contributed by atoms with van der Waals surface area (Å²) in [5, 5.41) is 3.59. The Bertz CT molecular complexity index is 825. The van der Waals surface area contributed by atoms with E-state index in [0.717, 1.165) is 12.8 Å². The average Bonchev–Trinajstić information content (AvgIpc) is 3.10. The van der Waals surface area contributed by atoms with Crippen LogP contribution in [0.4, 0.5) is 0 Å². The van der Waals surface area contributed by atoms with Crippen molar-refractivity contribution in [2.45, 2.75) is 149 Å². The normalized spacial score (nSPS) is 30.4. The van der Waals surface area contributed by atoms with E-state index >= 15 is 0 Å². The maximum Gasteiger partial charge on any atom is 0.475 e. The van der Waals surface area contributed by atoms with Gasteiger partial charge in [-0.1, -0.05) is 34.6 Å². The molecule has 9 heteroatoms. The van der Waals surface area contributed by atoms with E-state index in [1.54, 1.807) is 0 Å². The second-order valence-electron chi connectivity index (χ2n) is 15.2. The molecule has 7 nitrogen and oxygen atoms in total. The SMILES string of the molecule is CCOCN[C@@H](CC[C@@H](CC(=O)OC(C)(C)C)O[Si](C)(C)C(C)(C)C)B1O[C@@H]2C[C@@H]3C[C@@H](C3(C)C)[C@]2(C)O1. The van der Waals surface area contributed by atoms with E-state index in [9.17, 15) is 4.79 Å². The van der Waals surface area contributed by atoms with Gasteiger partial charge in [0.25, 0.3) is 0 Å². The van der Waals surface area contributed by atoms with Crippen LogP contribution in [0.5, 0.6) is 0 Å². The van der Waals surface area contributed by atoms with Crippen LogP contribution in [0.2, 0.25) is 18.1 Å². The molecule has 4 aliphatic rings. The number of carbonyl (C=O) groups is 1. The maximum atomic E-state index is 12.9. The van der Waals surface area contributed by atoms with Crippen molar-refractivity contribution in [3.8, 4) is 0 Å². The lowest BCUT2D eigenvalue weighted by Crippen LogP contribution is -2.65. The first-order valence-corrected chi connectivity index (χ1v) is 17.7. The van der Waals surface area contributed by atoms with Crippen LogP contribution in [0.15, 0.2) is 0 Å². The molecular weight excluding hydrogens is 497 g/mol. The monoisotopic (exact) mass is 553 g/mol. The van der Waals surface area contributed by atoms with E-state index in [1.165, 1.54) is 6.42 Å². The Kier molecular flexibility index (Phi) is 9.65. The number of rotatable bonds is 12. The van der Waals surface area contributed by atoms with E-state index in [4.69, 9.17) is 23.2 Å². The van der Waals surface area contributed by atoms with Crippen molar-refractivity contribution < 1.29 is 28.0 Å². The third-order valence-corrected chi connectivity index (χ3v) is 14.4. The molecule has 3 saturated carbocycles. The van der Waals surface area contributed by atoms with Gasteiger partial charge in [0.1, 0.15) is 5.60 Å². The van der Waals surface area contributed by atoms with Crippen LogP contribution in [0.3, 0.4) is 0 Å². The Morgan fingerprint density at radius 3 is 2.32 bits per heavy atom. The molecule has 4 rings (SSSR count). The molecule has 1 saturated heterocycles. The molecule has 0 spiro atoms. The van der Waals surface area contributed by atoms with Crippen LogP contribution < -0.4 is 5.32 Å². The fourth-order valence-electron chi connectivity index (χ4n) is 6.40. The average molecular weight is 554 g/mol. The Hall–Kier alpha value is -0.448. The van der Waals surface area contributed by atoms with Crippen LogP contribution in [-0.4, -0.2) is 64.1 Å². The van der Waals surface area contributed by atoms with Crippen molar-refractivity contribution in [2.24, 2.45) is 17.3 Å². The molecule has 1 aliphatic heterocycles. The van der Waals surface area contributed by atoms with E-state index in [1.807, 2.05) is 27.7 Å². The molecule has 0 aromatic rings. The van der Waals surface area contributed by atoms with Gasteiger partial charge in [-0.15, -0.1) is 0 Å². The predicted octanol–water partition coefficient (Wildman–Crippen LogP) is 6.11. The van der Waals surface area contributed by atoms with Gasteiger partial charge in [0.05, 0.1) is 31.0 Å². The number of ether oxygens (including phenoxy) is 2. The Morgan fingerprint density at radius 1 is 1.11 bits per heavy atom. The van der Waals surface area contributed by atoms with Crippen molar-refractivity contribution >= 4 is 21.4 Å². The van der Waals surface area contributed by atoms with Gasteiger partial charge in [0, 0.05) is 12.5 Å². The summed E-state index contributed by atoms with van der Waals surface area (Å²) in [6.07, 6.45) is 3.88. The highest BCUT2D eigenvalue weighted by atomic mass is 28.4. The lowest BCUT2D eigenvalue weighted by Gasteiger charge is -2.64. The smallest absolute Gasteiger partial charge is 0.460 e. The number of carbonyl (C=O) groups excluding carboxylic acids is 1. The zero-order valence-electron chi connectivity index (χ0n) is 26.4. The van der Waals surface area contributed by atoms with Crippen molar-refractivity contribution in [1.29, 1.82) is 0 Å². The van der Waals surface area contributed by atoms with Gasteiger partial charge in [-0.3, -0.25) is 10.1 Å². The minimum Gasteiger partial charge on any atom is -0.460 e. The van der Waals surface area contributed by atoms with E-state index in [2.05, 4.69) is 60.0 Å². The van der Waals surface area contributed by atoms with Gasteiger partial charge in [0.15, 0.2) is 8.32 Å². The molecule has 0 unspecified atom stereocenters. The topological polar surface area (TPSA) is 75.3 Å². The second kappa shape index (κ2) is 11.4. The van der Waals surface area contributed by atoms with E-state index in [-0.39, 0.29) is 48.3 Å². The molecule has 3 aliphatic carbocycles. The van der Waals surface area contributed by atoms with E-state index in [0.29, 0.717) is 37.0 Å². The molecule has 220 valence electrons. The van der Waals surface area contributed by atoms with Crippen LogP contribution in [0.1, 0.15) is 101 Å². The molecular formula is C29H56BNO6Si. The summed E-state index contributed by atoms with van der Waals surface area (Å²) < 4.78 is 31.6. The summed E-state index contributed by atoms with van der Waals surface area (Å²) in [6.45, 7) is 27.0. The van der Waals surface area contributed by atoms with Crippen molar-refractivity contribution in [3.63, 3.8) is 0 Å². The summed E-state index contributed by atoms with van der Waals surface area (Å²) in [7, 11) is -2.45. The molecule has 6 atom stereocenters. The zero-order valence-corrected chi connectivity index (χ0v) is 27.4. The minimum absolute atomic E-state index is 0.0430. The summed E-state index contributed by atoms with van der Waals surface area (Å²) in [6, 6.07) is 0. The van der Waals surface area contributed by atoms with Gasteiger partial charge >= 0.3 is 13.1 Å². The van der Waals surface area contributed by atoms with Gasteiger partial charge < -0.3 is 23.2 Å². The minimum atomic E-state index is -2.10. The number of hydrogen-bond donors (Lipinski definition) is 1. The molecule has 0 radical (unpaired) electrons. The number of esters is 1. The summed E-state index contributed by atoms with van der Waals surface area (Å²) >= 11 is 0. The fourth-order valence-corrected chi connectivity index (χ4v) is 7.79. The molecule has 0 aromatic carbocycles. The molecule has 0 amide bonds. The predicted molar refractivity (Wildman–Crippen MR) is 155 cm³/mol. The quantitative estimate of drug-likeness (QED) is 0.135. The van der Waals surface area contributed by atoms with E-state index < -0.39 is 13.9 Å². The van der Waals surface area contributed by atoms with Crippen molar-refractivity contribution in [2.75, 3.05) is 13.3 Å². The molecule has 1 heterocycles. The van der Waals surface area contributed by atoms with Crippen LogP contribution in [-0.2, 0) is 28.0 Å². The van der Waals surface area contributed by atoms with Crippen molar-refractivity contribution in [1.82, 2.24) is 5.32 Å². The molecule has 4 fully saturated rings. The van der Waals surface area contributed by atoms with Gasteiger partial charge in [-0.2, -0.15) is 0 Å². The van der Waals surface area contributed by atoms with Crippen molar-refractivity contribution in [3.05, 3.63) is 0 Å². The molecule has 1 N–H and O–H groups in total. The first-order chi connectivity index (χ1) is 17.3.